The molecule has 0 aromatic heterocycles. The van der Waals surface area contributed by atoms with E-state index in [0.29, 0.717) is 22.3 Å². The summed E-state index contributed by atoms with van der Waals surface area (Å²) in [6.07, 6.45) is 0. The van der Waals surface area contributed by atoms with Crippen LogP contribution < -0.4 is 5.32 Å². The molecule has 1 N–H and O–H groups in total. The largest absolute Gasteiger partial charge is 0.380 e. The second kappa shape index (κ2) is 5.91. The second-order valence-electron chi connectivity index (χ2n) is 3.90. The average Bonchev–Trinajstić information content (AvgIpc) is 2.39. The number of benzene rings is 2. The molecule has 2 rings (SSSR count). The number of anilines is 1. The number of nitro benzene ring substituents is 1. The first-order valence-corrected chi connectivity index (χ1v) is 6.24. The molecule has 0 radical (unpaired) electrons. The number of hydrogen-bond donors (Lipinski definition) is 1. The van der Waals surface area contributed by atoms with E-state index in [4.69, 9.17) is 23.2 Å². The van der Waals surface area contributed by atoms with Gasteiger partial charge in [-0.1, -0.05) is 35.3 Å². The van der Waals surface area contributed by atoms with Crippen molar-refractivity contribution in [3.05, 3.63) is 68.2 Å². The monoisotopic (exact) mass is 296 g/mol. The van der Waals surface area contributed by atoms with Gasteiger partial charge in [-0.05, 0) is 23.8 Å². The lowest BCUT2D eigenvalue weighted by Gasteiger charge is -2.08. The van der Waals surface area contributed by atoms with Crippen LogP contribution in [0.25, 0.3) is 0 Å². The molecule has 0 bridgehead atoms. The third-order valence-electron chi connectivity index (χ3n) is 2.56. The van der Waals surface area contributed by atoms with Crippen molar-refractivity contribution in [2.24, 2.45) is 0 Å². The molecule has 6 heteroatoms. The molecule has 2 aromatic carbocycles. The minimum atomic E-state index is -0.455. The molecule has 0 amide bonds. The van der Waals surface area contributed by atoms with Crippen LogP contribution in [-0.4, -0.2) is 4.92 Å². The Kier molecular flexibility index (Phi) is 4.24. The van der Waals surface area contributed by atoms with Gasteiger partial charge in [0.15, 0.2) is 0 Å². The fourth-order valence-corrected chi connectivity index (χ4v) is 1.87. The van der Waals surface area contributed by atoms with E-state index in [2.05, 4.69) is 5.32 Å². The van der Waals surface area contributed by atoms with E-state index in [1.54, 1.807) is 12.1 Å². The number of nitrogens with one attached hydrogen (secondary N) is 1. The van der Waals surface area contributed by atoms with E-state index in [1.165, 1.54) is 18.2 Å². The van der Waals surface area contributed by atoms with E-state index < -0.39 is 4.92 Å². The van der Waals surface area contributed by atoms with Crippen molar-refractivity contribution < 1.29 is 4.92 Å². The Balaban J connectivity index is 2.12. The van der Waals surface area contributed by atoms with Gasteiger partial charge in [0.1, 0.15) is 0 Å². The molecule has 2 aromatic rings. The van der Waals surface area contributed by atoms with Crippen molar-refractivity contribution in [1.29, 1.82) is 0 Å². The summed E-state index contributed by atoms with van der Waals surface area (Å²) >= 11 is 11.8. The van der Waals surface area contributed by atoms with Crippen LogP contribution in [0.15, 0.2) is 42.5 Å². The van der Waals surface area contributed by atoms with E-state index in [1.807, 2.05) is 12.1 Å². The number of non-ortho nitro benzene ring substituents is 1. The Morgan fingerprint density at radius 3 is 2.42 bits per heavy atom. The maximum atomic E-state index is 10.7. The van der Waals surface area contributed by atoms with Crippen molar-refractivity contribution in [1.82, 2.24) is 0 Å². The first-order chi connectivity index (χ1) is 9.06. The van der Waals surface area contributed by atoms with Crippen molar-refractivity contribution >= 4 is 34.6 Å². The summed E-state index contributed by atoms with van der Waals surface area (Å²) in [5.74, 6) is 0. The maximum Gasteiger partial charge on any atom is 0.271 e. The Bertz CT molecular complexity index is 600. The SMILES string of the molecule is O=[N+]([O-])c1ccc(Cl)c(NCc2ccc(Cl)cc2)c1. The fourth-order valence-electron chi connectivity index (χ4n) is 1.56. The summed E-state index contributed by atoms with van der Waals surface area (Å²) in [4.78, 5) is 10.2. The Hall–Kier alpha value is -1.78. The summed E-state index contributed by atoms with van der Waals surface area (Å²) in [7, 11) is 0. The molecule has 0 aliphatic heterocycles. The predicted molar refractivity (Wildman–Crippen MR) is 76.9 cm³/mol. The highest BCUT2D eigenvalue weighted by molar-refractivity contribution is 6.33. The molecule has 19 heavy (non-hydrogen) atoms. The molecule has 0 aliphatic carbocycles. The molecule has 0 saturated heterocycles. The third-order valence-corrected chi connectivity index (χ3v) is 3.14. The summed E-state index contributed by atoms with van der Waals surface area (Å²) < 4.78 is 0. The van der Waals surface area contributed by atoms with E-state index in [-0.39, 0.29) is 5.69 Å². The van der Waals surface area contributed by atoms with Gasteiger partial charge in [0.2, 0.25) is 0 Å². The van der Waals surface area contributed by atoms with Crippen LogP contribution in [0, 0.1) is 10.1 Å². The van der Waals surface area contributed by atoms with E-state index in [0.717, 1.165) is 5.56 Å². The van der Waals surface area contributed by atoms with Gasteiger partial charge in [0.25, 0.3) is 5.69 Å². The Labute approximate surface area is 120 Å². The molecule has 0 atom stereocenters. The van der Waals surface area contributed by atoms with Crippen molar-refractivity contribution in [3.63, 3.8) is 0 Å². The van der Waals surface area contributed by atoms with Crippen molar-refractivity contribution in [2.45, 2.75) is 6.54 Å². The van der Waals surface area contributed by atoms with Gasteiger partial charge < -0.3 is 5.32 Å². The maximum absolute atomic E-state index is 10.7. The van der Waals surface area contributed by atoms with Gasteiger partial charge in [0.05, 0.1) is 15.6 Å². The topological polar surface area (TPSA) is 55.2 Å². The zero-order valence-corrected chi connectivity index (χ0v) is 11.3. The Morgan fingerprint density at radius 2 is 1.79 bits per heavy atom. The van der Waals surface area contributed by atoms with Crippen LogP contribution in [0.1, 0.15) is 5.56 Å². The highest BCUT2D eigenvalue weighted by Gasteiger charge is 2.09. The fraction of sp³-hybridized carbons (Fsp3) is 0.0769. The number of nitrogens with zero attached hydrogens (tertiary/aromatic N) is 1. The first-order valence-electron chi connectivity index (χ1n) is 5.48. The molecule has 0 unspecified atom stereocenters. The van der Waals surface area contributed by atoms with Crippen LogP contribution in [0.3, 0.4) is 0 Å². The molecule has 0 heterocycles. The van der Waals surface area contributed by atoms with Gasteiger partial charge >= 0.3 is 0 Å². The first kappa shape index (κ1) is 13.6. The smallest absolute Gasteiger partial charge is 0.271 e. The molecule has 98 valence electrons. The lowest BCUT2D eigenvalue weighted by Crippen LogP contribution is -2.00. The van der Waals surface area contributed by atoms with Crippen LogP contribution in [-0.2, 0) is 6.54 Å². The van der Waals surface area contributed by atoms with Gasteiger partial charge in [-0.15, -0.1) is 0 Å². The van der Waals surface area contributed by atoms with Gasteiger partial charge in [0, 0.05) is 23.7 Å². The zero-order chi connectivity index (χ0) is 13.8. The normalized spacial score (nSPS) is 10.2. The minimum absolute atomic E-state index is 0.00278. The highest BCUT2D eigenvalue weighted by Crippen LogP contribution is 2.27. The highest BCUT2D eigenvalue weighted by atomic mass is 35.5. The molecule has 4 nitrogen and oxygen atoms in total. The summed E-state index contributed by atoms with van der Waals surface area (Å²) in [6.45, 7) is 0.512. The lowest BCUT2D eigenvalue weighted by atomic mass is 10.2. The van der Waals surface area contributed by atoms with Crippen LogP contribution in [0.5, 0.6) is 0 Å². The molecular formula is C13H10Cl2N2O2. The van der Waals surface area contributed by atoms with Gasteiger partial charge in [-0.25, -0.2) is 0 Å². The lowest BCUT2D eigenvalue weighted by molar-refractivity contribution is -0.384. The summed E-state index contributed by atoms with van der Waals surface area (Å²) in [5.41, 5.74) is 1.54. The van der Waals surface area contributed by atoms with Gasteiger partial charge in [-0.2, -0.15) is 0 Å². The number of hydrogen-bond acceptors (Lipinski definition) is 3. The third kappa shape index (κ3) is 3.59. The van der Waals surface area contributed by atoms with Crippen molar-refractivity contribution in [2.75, 3.05) is 5.32 Å². The Morgan fingerprint density at radius 1 is 1.11 bits per heavy atom. The number of rotatable bonds is 4. The molecular weight excluding hydrogens is 287 g/mol. The molecule has 0 saturated carbocycles. The van der Waals surface area contributed by atoms with Gasteiger partial charge in [-0.3, -0.25) is 10.1 Å². The van der Waals surface area contributed by atoms with Crippen LogP contribution >= 0.6 is 23.2 Å². The van der Waals surface area contributed by atoms with Crippen LogP contribution in [0.4, 0.5) is 11.4 Å². The minimum Gasteiger partial charge on any atom is -0.380 e. The number of nitro groups is 1. The van der Waals surface area contributed by atoms with Crippen molar-refractivity contribution in [3.8, 4) is 0 Å². The standard InChI is InChI=1S/C13H10Cl2N2O2/c14-10-3-1-9(2-4-10)8-16-13-7-11(17(18)19)5-6-12(13)15/h1-7,16H,8H2. The summed E-state index contributed by atoms with van der Waals surface area (Å²) in [5, 5.41) is 14.9. The summed E-state index contributed by atoms with van der Waals surface area (Å²) in [6, 6.07) is 11.6. The average molecular weight is 297 g/mol. The van der Waals surface area contributed by atoms with E-state index >= 15 is 0 Å². The van der Waals surface area contributed by atoms with Crippen LogP contribution in [0.2, 0.25) is 10.0 Å². The molecule has 0 fully saturated rings. The quantitative estimate of drug-likeness (QED) is 0.667. The number of halogens is 2. The molecule has 0 aliphatic rings. The zero-order valence-electron chi connectivity index (χ0n) is 9.77. The predicted octanol–water partition coefficient (Wildman–Crippen LogP) is 4.51. The second-order valence-corrected chi connectivity index (χ2v) is 4.74. The molecule has 0 spiro atoms. The van der Waals surface area contributed by atoms with E-state index in [9.17, 15) is 10.1 Å².